The predicted molar refractivity (Wildman–Crippen MR) is 42.1 cm³/mol. The van der Waals surface area contributed by atoms with Crippen molar-refractivity contribution in [2.45, 2.75) is 6.42 Å². The van der Waals surface area contributed by atoms with Gasteiger partial charge in [0.05, 0.1) is 6.42 Å². The average molecular weight is 187 g/mol. The summed E-state index contributed by atoms with van der Waals surface area (Å²) < 4.78 is 25.1. The molecule has 0 aliphatic rings. The monoisotopic (exact) mass is 187 g/mol. The molecule has 0 bridgehead atoms. The molecule has 0 atom stereocenters. The summed E-state index contributed by atoms with van der Waals surface area (Å²) in [6.07, 6.45) is -0.414. The van der Waals surface area contributed by atoms with E-state index in [0.29, 0.717) is 0 Å². The Morgan fingerprint density at radius 3 is 2.46 bits per heavy atom. The molecular weight excluding hydrogens is 180 g/mol. The van der Waals surface area contributed by atoms with E-state index in [-0.39, 0.29) is 11.3 Å². The fraction of sp³-hybridized carbons (Fsp3) is 0.125. The van der Waals surface area contributed by atoms with Crippen LogP contribution in [0.5, 0.6) is 0 Å². The van der Waals surface area contributed by atoms with Crippen LogP contribution in [-0.2, 0) is 11.2 Å². The molecule has 1 aromatic rings. The van der Waals surface area contributed by atoms with Crippen LogP contribution in [0, 0.1) is 11.6 Å². The van der Waals surface area contributed by atoms with Crippen LogP contribution in [0.2, 0.25) is 0 Å². The van der Waals surface area contributed by atoms with Crippen molar-refractivity contribution in [2.24, 2.45) is 0 Å². The quantitative estimate of drug-likeness (QED) is 0.683. The third kappa shape index (κ3) is 2.14. The lowest BCUT2D eigenvalue weighted by Gasteiger charge is -2.03. The number of carbonyl (C=O) groups is 1. The lowest BCUT2D eigenvalue weighted by atomic mass is 10.1. The van der Waals surface area contributed by atoms with Gasteiger partial charge in [-0.15, -0.1) is 0 Å². The number of halogens is 2. The summed E-state index contributed by atoms with van der Waals surface area (Å²) in [5, 5.41) is 8.38. The summed E-state index contributed by atoms with van der Waals surface area (Å²) in [4.78, 5) is 10.2. The molecule has 0 aromatic heterocycles. The van der Waals surface area contributed by atoms with E-state index < -0.39 is 24.0 Å². The van der Waals surface area contributed by atoms with Gasteiger partial charge in [0.25, 0.3) is 0 Å². The Labute approximate surface area is 72.8 Å². The highest BCUT2D eigenvalue weighted by Crippen LogP contribution is 2.17. The van der Waals surface area contributed by atoms with Crippen LogP contribution in [0.15, 0.2) is 12.1 Å². The predicted octanol–water partition coefficient (Wildman–Crippen LogP) is 1.17. The highest BCUT2D eigenvalue weighted by molar-refractivity contribution is 5.72. The molecule has 5 heteroatoms. The van der Waals surface area contributed by atoms with Crippen LogP contribution in [-0.4, -0.2) is 11.1 Å². The lowest BCUT2D eigenvalue weighted by Crippen LogP contribution is -2.05. The van der Waals surface area contributed by atoms with Gasteiger partial charge in [0.2, 0.25) is 0 Å². The van der Waals surface area contributed by atoms with Crippen molar-refractivity contribution in [1.29, 1.82) is 0 Å². The minimum absolute atomic E-state index is 0.0544. The van der Waals surface area contributed by atoms with Gasteiger partial charge in [-0.3, -0.25) is 4.79 Å². The SMILES string of the molecule is Nc1cc(F)c(F)cc1CC(=O)O. The van der Waals surface area contributed by atoms with Gasteiger partial charge in [-0.05, 0) is 11.6 Å². The molecule has 1 aromatic carbocycles. The Balaban J connectivity index is 3.08. The molecule has 3 N–H and O–H groups in total. The molecule has 0 aliphatic heterocycles. The van der Waals surface area contributed by atoms with E-state index in [4.69, 9.17) is 10.8 Å². The first-order valence-corrected chi connectivity index (χ1v) is 3.46. The van der Waals surface area contributed by atoms with Gasteiger partial charge in [0.1, 0.15) is 0 Å². The third-order valence-electron chi connectivity index (χ3n) is 1.52. The highest BCUT2D eigenvalue weighted by Gasteiger charge is 2.09. The lowest BCUT2D eigenvalue weighted by molar-refractivity contribution is -0.136. The number of aliphatic carboxylic acids is 1. The summed E-state index contributed by atoms with van der Waals surface area (Å²) in [5.41, 5.74) is 5.29. The zero-order valence-corrected chi connectivity index (χ0v) is 6.55. The summed E-state index contributed by atoms with van der Waals surface area (Å²) in [6.45, 7) is 0. The first-order chi connectivity index (χ1) is 6.00. The smallest absolute Gasteiger partial charge is 0.307 e. The van der Waals surface area contributed by atoms with Crippen molar-refractivity contribution < 1.29 is 18.7 Å². The Kier molecular flexibility index (Phi) is 2.46. The molecule has 0 saturated carbocycles. The summed E-state index contributed by atoms with van der Waals surface area (Å²) in [6, 6.07) is 1.56. The minimum Gasteiger partial charge on any atom is -0.481 e. The standard InChI is InChI=1S/C8H7F2NO2/c9-5-1-4(2-8(12)13)7(11)3-6(5)10/h1,3H,2,11H2,(H,12,13). The number of carboxylic acid groups (broad SMARTS) is 1. The molecule has 0 unspecified atom stereocenters. The molecule has 70 valence electrons. The fourth-order valence-corrected chi connectivity index (χ4v) is 0.919. The number of nitrogens with two attached hydrogens (primary N) is 1. The number of carboxylic acids is 1. The molecule has 0 spiro atoms. The van der Waals surface area contributed by atoms with Gasteiger partial charge >= 0.3 is 5.97 Å². The van der Waals surface area contributed by atoms with Crippen LogP contribution in [0.4, 0.5) is 14.5 Å². The maximum Gasteiger partial charge on any atom is 0.307 e. The second-order valence-electron chi connectivity index (χ2n) is 2.54. The Morgan fingerprint density at radius 2 is 1.92 bits per heavy atom. The van der Waals surface area contributed by atoms with Gasteiger partial charge < -0.3 is 10.8 Å². The molecule has 0 radical (unpaired) electrons. The number of hydrogen-bond acceptors (Lipinski definition) is 2. The normalized spacial score (nSPS) is 10.0. The molecular formula is C8H7F2NO2. The number of anilines is 1. The molecule has 0 aliphatic carbocycles. The fourth-order valence-electron chi connectivity index (χ4n) is 0.919. The maximum atomic E-state index is 12.6. The molecule has 0 fully saturated rings. The zero-order chi connectivity index (χ0) is 10.0. The molecule has 0 amide bonds. The van der Waals surface area contributed by atoms with Gasteiger partial charge in [0, 0.05) is 11.8 Å². The minimum atomic E-state index is -1.14. The Morgan fingerprint density at radius 1 is 1.38 bits per heavy atom. The van der Waals surface area contributed by atoms with Crippen molar-refractivity contribution in [1.82, 2.24) is 0 Å². The van der Waals surface area contributed by atoms with Crippen molar-refractivity contribution >= 4 is 11.7 Å². The number of rotatable bonds is 2. The second-order valence-corrected chi connectivity index (χ2v) is 2.54. The van der Waals surface area contributed by atoms with Gasteiger partial charge in [0.15, 0.2) is 11.6 Å². The van der Waals surface area contributed by atoms with Gasteiger partial charge in [-0.25, -0.2) is 8.78 Å². The van der Waals surface area contributed by atoms with Gasteiger partial charge in [-0.1, -0.05) is 0 Å². The molecule has 0 heterocycles. The van der Waals surface area contributed by atoms with Crippen molar-refractivity contribution in [3.63, 3.8) is 0 Å². The molecule has 1 rings (SSSR count). The van der Waals surface area contributed by atoms with Crippen LogP contribution < -0.4 is 5.73 Å². The topological polar surface area (TPSA) is 63.3 Å². The first kappa shape index (κ1) is 9.44. The van der Waals surface area contributed by atoms with Crippen LogP contribution >= 0.6 is 0 Å². The highest BCUT2D eigenvalue weighted by atomic mass is 19.2. The molecule has 13 heavy (non-hydrogen) atoms. The number of benzene rings is 1. The summed E-state index contributed by atoms with van der Waals surface area (Å²) in [5.74, 6) is -3.31. The van der Waals surface area contributed by atoms with Crippen LogP contribution in [0.25, 0.3) is 0 Å². The average Bonchev–Trinajstić information content (AvgIpc) is 1.99. The van der Waals surface area contributed by atoms with Crippen molar-refractivity contribution in [3.05, 3.63) is 29.3 Å². The van der Waals surface area contributed by atoms with E-state index in [1.165, 1.54) is 0 Å². The van der Waals surface area contributed by atoms with Crippen molar-refractivity contribution in [3.8, 4) is 0 Å². The first-order valence-electron chi connectivity index (χ1n) is 3.46. The Bertz CT molecular complexity index is 352. The summed E-state index contributed by atoms with van der Waals surface area (Å²) in [7, 11) is 0. The largest absolute Gasteiger partial charge is 0.481 e. The zero-order valence-electron chi connectivity index (χ0n) is 6.55. The van der Waals surface area contributed by atoms with E-state index in [1.807, 2.05) is 0 Å². The van der Waals surface area contributed by atoms with E-state index in [9.17, 15) is 13.6 Å². The third-order valence-corrected chi connectivity index (χ3v) is 1.52. The molecule has 0 saturated heterocycles. The Hall–Kier alpha value is -1.65. The van der Waals surface area contributed by atoms with Crippen molar-refractivity contribution in [2.75, 3.05) is 5.73 Å². The van der Waals surface area contributed by atoms with E-state index >= 15 is 0 Å². The maximum absolute atomic E-state index is 12.6. The number of nitrogen functional groups attached to an aromatic ring is 1. The summed E-state index contributed by atoms with van der Waals surface area (Å²) >= 11 is 0. The molecule has 3 nitrogen and oxygen atoms in total. The number of hydrogen-bond donors (Lipinski definition) is 2. The van der Waals surface area contributed by atoms with Crippen LogP contribution in [0.3, 0.4) is 0 Å². The van der Waals surface area contributed by atoms with E-state index in [2.05, 4.69) is 0 Å². The van der Waals surface area contributed by atoms with Gasteiger partial charge in [-0.2, -0.15) is 0 Å². The van der Waals surface area contributed by atoms with E-state index in [0.717, 1.165) is 12.1 Å². The second kappa shape index (κ2) is 3.38. The van der Waals surface area contributed by atoms with Crippen LogP contribution in [0.1, 0.15) is 5.56 Å². The van der Waals surface area contributed by atoms with E-state index in [1.54, 1.807) is 0 Å².